The second-order valence-corrected chi connectivity index (χ2v) is 4.79. The number of para-hydroxylation sites is 2. The lowest BCUT2D eigenvalue weighted by atomic mass is 10.1. The summed E-state index contributed by atoms with van der Waals surface area (Å²) in [7, 11) is 2.09. The van der Waals surface area contributed by atoms with Crippen LogP contribution in [0.25, 0.3) is 11.0 Å². The fourth-order valence-corrected chi connectivity index (χ4v) is 2.44. The van der Waals surface area contributed by atoms with Gasteiger partial charge in [-0.3, -0.25) is 10.3 Å². The van der Waals surface area contributed by atoms with Crippen molar-refractivity contribution in [2.24, 2.45) is 0 Å². The smallest absolute Gasteiger partial charge is 0.148 e. The molecule has 2 heterocycles. The molecule has 1 aromatic heterocycles. The second-order valence-electron chi connectivity index (χ2n) is 4.79. The molecule has 94 valence electrons. The molecule has 4 heteroatoms. The van der Waals surface area contributed by atoms with Gasteiger partial charge in [0, 0.05) is 7.05 Å². The van der Waals surface area contributed by atoms with E-state index in [9.17, 15) is 0 Å². The quantitative estimate of drug-likeness (QED) is 0.876. The maximum atomic E-state index is 4.67. The molecule has 1 fully saturated rings. The minimum atomic E-state index is 0.384. The fraction of sp³-hybridized carbons (Fsp3) is 0.429. The van der Waals surface area contributed by atoms with Gasteiger partial charge >= 0.3 is 0 Å². The third kappa shape index (κ3) is 2.16. The number of fused-ring (bicyclic) bond motifs is 1. The van der Waals surface area contributed by atoms with Gasteiger partial charge < -0.3 is 4.90 Å². The number of hydrogen-bond donors (Lipinski definition) is 1. The highest BCUT2D eigenvalue weighted by atomic mass is 15.3. The van der Waals surface area contributed by atoms with Crippen molar-refractivity contribution in [2.75, 3.05) is 18.5 Å². The van der Waals surface area contributed by atoms with E-state index in [-0.39, 0.29) is 0 Å². The highest BCUT2D eigenvalue weighted by Gasteiger charge is 2.18. The zero-order chi connectivity index (χ0) is 12.4. The van der Waals surface area contributed by atoms with Crippen LogP contribution in [0.1, 0.15) is 19.3 Å². The van der Waals surface area contributed by atoms with Gasteiger partial charge in [0.2, 0.25) is 0 Å². The zero-order valence-corrected chi connectivity index (χ0v) is 10.6. The first-order chi connectivity index (χ1) is 8.84. The standard InChI is InChI=1S/C14H18N4/c1-18(13-8-4-5-9-15-13)14-10-16-11-6-2-3-7-12(11)17-14/h2-3,6-7,10,13,15H,4-5,8-9H2,1H3. The molecule has 0 radical (unpaired) electrons. The van der Waals surface area contributed by atoms with Crippen LogP contribution in [0, 0.1) is 0 Å². The van der Waals surface area contributed by atoms with Crippen molar-refractivity contribution in [3.63, 3.8) is 0 Å². The van der Waals surface area contributed by atoms with Gasteiger partial charge in [-0.2, -0.15) is 0 Å². The fourth-order valence-electron chi connectivity index (χ4n) is 2.44. The van der Waals surface area contributed by atoms with E-state index < -0.39 is 0 Å². The van der Waals surface area contributed by atoms with E-state index >= 15 is 0 Å². The van der Waals surface area contributed by atoms with Crippen molar-refractivity contribution in [1.82, 2.24) is 15.3 Å². The summed E-state index contributed by atoms with van der Waals surface area (Å²) in [5.74, 6) is 0.938. The van der Waals surface area contributed by atoms with Crippen molar-refractivity contribution < 1.29 is 0 Å². The average molecular weight is 242 g/mol. The number of anilines is 1. The summed E-state index contributed by atoms with van der Waals surface area (Å²) in [6.07, 6.45) is 5.97. The van der Waals surface area contributed by atoms with Crippen molar-refractivity contribution in [1.29, 1.82) is 0 Å². The molecular weight excluding hydrogens is 224 g/mol. The molecule has 0 spiro atoms. The highest BCUT2D eigenvalue weighted by molar-refractivity contribution is 5.75. The molecule has 4 nitrogen and oxygen atoms in total. The van der Waals surface area contributed by atoms with Crippen LogP contribution >= 0.6 is 0 Å². The maximum absolute atomic E-state index is 4.67. The van der Waals surface area contributed by atoms with Crippen LogP contribution in [0.4, 0.5) is 5.82 Å². The number of nitrogens with zero attached hydrogens (tertiary/aromatic N) is 3. The van der Waals surface area contributed by atoms with Crippen LogP contribution in [0.3, 0.4) is 0 Å². The molecule has 1 aliphatic rings. The van der Waals surface area contributed by atoms with Crippen LogP contribution in [0.2, 0.25) is 0 Å². The van der Waals surface area contributed by atoms with Gasteiger partial charge in [0.25, 0.3) is 0 Å². The molecular formula is C14H18N4. The molecule has 0 bridgehead atoms. The van der Waals surface area contributed by atoms with Crippen molar-refractivity contribution in [3.8, 4) is 0 Å². The second kappa shape index (κ2) is 4.90. The minimum Gasteiger partial charge on any atom is -0.343 e. The summed E-state index contributed by atoms with van der Waals surface area (Å²) in [6.45, 7) is 1.09. The summed E-state index contributed by atoms with van der Waals surface area (Å²) in [4.78, 5) is 11.3. The molecule has 1 unspecified atom stereocenters. The van der Waals surface area contributed by atoms with Crippen molar-refractivity contribution >= 4 is 16.9 Å². The number of aromatic nitrogens is 2. The third-order valence-corrected chi connectivity index (χ3v) is 3.55. The largest absolute Gasteiger partial charge is 0.343 e. The molecule has 1 N–H and O–H groups in total. The molecule has 2 aromatic rings. The van der Waals surface area contributed by atoms with Gasteiger partial charge in [-0.1, -0.05) is 12.1 Å². The molecule has 0 amide bonds. The van der Waals surface area contributed by atoms with E-state index in [0.717, 1.165) is 23.4 Å². The third-order valence-electron chi connectivity index (χ3n) is 3.55. The van der Waals surface area contributed by atoms with Crippen LogP contribution in [0.15, 0.2) is 30.5 Å². The molecule has 1 atom stereocenters. The van der Waals surface area contributed by atoms with Gasteiger partial charge in [-0.15, -0.1) is 0 Å². The Bertz CT molecular complexity index is 534. The summed E-state index contributed by atoms with van der Waals surface area (Å²) >= 11 is 0. The SMILES string of the molecule is CN(c1cnc2ccccc2n1)C1CCCCN1. The number of benzene rings is 1. The van der Waals surface area contributed by atoms with E-state index in [1.807, 2.05) is 30.5 Å². The van der Waals surface area contributed by atoms with E-state index in [0.29, 0.717) is 6.17 Å². The molecule has 0 saturated carbocycles. The topological polar surface area (TPSA) is 41.1 Å². The lowest BCUT2D eigenvalue weighted by molar-refractivity contribution is 0.395. The number of hydrogen-bond acceptors (Lipinski definition) is 4. The van der Waals surface area contributed by atoms with Crippen molar-refractivity contribution in [3.05, 3.63) is 30.5 Å². The molecule has 3 rings (SSSR count). The van der Waals surface area contributed by atoms with Gasteiger partial charge in [0.05, 0.1) is 23.4 Å². The van der Waals surface area contributed by atoms with Crippen LogP contribution < -0.4 is 10.2 Å². The van der Waals surface area contributed by atoms with E-state index in [1.165, 1.54) is 19.3 Å². The zero-order valence-electron chi connectivity index (χ0n) is 10.6. The van der Waals surface area contributed by atoms with E-state index in [1.54, 1.807) is 0 Å². The Labute approximate surface area is 107 Å². The lowest BCUT2D eigenvalue weighted by Gasteiger charge is -2.32. The number of piperidine rings is 1. The Morgan fingerprint density at radius 2 is 2.06 bits per heavy atom. The Hall–Kier alpha value is -1.68. The predicted octanol–water partition coefficient (Wildman–Crippen LogP) is 2.17. The first kappa shape index (κ1) is 11.4. The van der Waals surface area contributed by atoms with Gasteiger partial charge in [-0.25, -0.2) is 4.98 Å². The Balaban J connectivity index is 1.88. The Morgan fingerprint density at radius 1 is 1.22 bits per heavy atom. The van der Waals surface area contributed by atoms with Gasteiger partial charge in [0.1, 0.15) is 5.82 Å². The van der Waals surface area contributed by atoms with Crippen LogP contribution in [-0.4, -0.2) is 29.7 Å². The lowest BCUT2D eigenvalue weighted by Crippen LogP contribution is -2.46. The molecule has 1 aliphatic heterocycles. The summed E-state index contributed by atoms with van der Waals surface area (Å²) < 4.78 is 0. The normalized spacial score (nSPS) is 19.9. The number of rotatable bonds is 2. The molecule has 0 aliphatic carbocycles. The predicted molar refractivity (Wildman–Crippen MR) is 73.6 cm³/mol. The first-order valence-electron chi connectivity index (χ1n) is 6.52. The van der Waals surface area contributed by atoms with Crippen molar-refractivity contribution in [2.45, 2.75) is 25.4 Å². The van der Waals surface area contributed by atoms with E-state index in [2.05, 4.69) is 27.2 Å². The molecule has 1 aromatic carbocycles. The van der Waals surface area contributed by atoms with Gasteiger partial charge in [0.15, 0.2) is 0 Å². The van der Waals surface area contributed by atoms with Gasteiger partial charge in [-0.05, 0) is 37.9 Å². The Morgan fingerprint density at radius 3 is 2.83 bits per heavy atom. The highest BCUT2D eigenvalue weighted by Crippen LogP contribution is 2.18. The van der Waals surface area contributed by atoms with Crippen LogP contribution in [0.5, 0.6) is 0 Å². The number of nitrogens with one attached hydrogen (secondary N) is 1. The monoisotopic (exact) mass is 242 g/mol. The maximum Gasteiger partial charge on any atom is 0.148 e. The van der Waals surface area contributed by atoms with E-state index in [4.69, 9.17) is 0 Å². The first-order valence-corrected chi connectivity index (χ1v) is 6.52. The summed E-state index contributed by atoms with van der Waals surface area (Å²) in [5.41, 5.74) is 1.91. The summed E-state index contributed by atoms with van der Waals surface area (Å²) in [5, 5.41) is 3.52. The molecule has 18 heavy (non-hydrogen) atoms. The van der Waals surface area contributed by atoms with Crippen LogP contribution in [-0.2, 0) is 0 Å². The minimum absolute atomic E-state index is 0.384. The molecule has 1 saturated heterocycles. The summed E-state index contributed by atoms with van der Waals surface area (Å²) in [6, 6.07) is 7.99. The average Bonchev–Trinajstić information content (AvgIpc) is 2.47. The Kier molecular flexibility index (Phi) is 3.11.